The van der Waals surface area contributed by atoms with E-state index in [-0.39, 0.29) is 0 Å². The summed E-state index contributed by atoms with van der Waals surface area (Å²) in [7, 11) is 0. The molecule has 0 atom stereocenters. The van der Waals surface area contributed by atoms with Crippen LogP contribution in [-0.2, 0) is 0 Å². The summed E-state index contributed by atoms with van der Waals surface area (Å²) >= 11 is 6.12. The minimum absolute atomic E-state index is 0.654. The highest BCUT2D eigenvalue weighted by Crippen LogP contribution is 2.26. The Balaban J connectivity index is 1.73. The van der Waals surface area contributed by atoms with Gasteiger partial charge in [0.2, 0.25) is 0 Å². The van der Waals surface area contributed by atoms with E-state index in [9.17, 15) is 0 Å². The van der Waals surface area contributed by atoms with Gasteiger partial charge in [-0.3, -0.25) is 4.40 Å². The Morgan fingerprint density at radius 1 is 0.963 bits per heavy atom. The Morgan fingerprint density at radius 2 is 1.85 bits per heavy atom. The van der Waals surface area contributed by atoms with Crippen molar-refractivity contribution < 1.29 is 0 Å². The summed E-state index contributed by atoms with van der Waals surface area (Å²) in [5, 5.41) is 14.8. The third kappa shape index (κ3) is 2.49. The van der Waals surface area contributed by atoms with Crippen LogP contribution in [0.15, 0.2) is 55.0 Å². The molecule has 3 heterocycles. The molecule has 132 valence electrons. The van der Waals surface area contributed by atoms with Gasteiger partial charge in [-0.05, 0) is 37.6 Å². The van der Waals surface area contributed by atoms with Gasteiger partial charge in [0.05, 0.1) is 17.3 Å². The number of nitrogens with zero attached hydrogens (tertiary/aromatic N) is 6. The predicted molar refractivity (Wildman–Crippen MR) is 105 cm³/mol. The SMILES string of the molecule is Cc1ccc(-n2ncc3c2ncn2c(-c4cccc(Cl)c4)nnc32)c(C)c1. The molecule has 3 aromatic heterocycles. The molecule has 0 amide bonds. The molecule has 7 heteroatoms. The topological polar surface area (TPSA) is 60.9 Å². The van der Waals surface area contributed by atoms with Gasteiger partial charge >= 0.3 is 0 Å². The van der Waals surface area contributed by atoms with Crippen molar-refractivity contribution in [3.05, 3.63) is 71.1 Å². The van der Waals surface area contributed by atoms with Crippen molar-refractivity contribution in [1.82, 2.24) is 29.4 Å². The van der Waals surface area contributed by atoms with Crippen LogP contribution in [0.4, 0.5) is 0 Å². The van der Waals surface area contributed by atoms with Crippen molar-refractivity contribution in [2.75, 3.05) is 0 Å². The molecule has 27 heavy (non-hydrogen) atoms. The quantitative estimate of drug-likeness (QED) is 0.459. The lowest BCUT2D eigenvalue weighted by atomic mass is 10.1. The zero-order chi connectivity index (χ0) is 18.5. The van der Waals surface area contributed by atoms with E-state index < -0.39 is 0 Å². The van der Waals surface area contributed by atoms with Gasteiger partial charge in [0.1, 0.15) is 6.33 Å². The van der Waals surface area contributed by atoms with Crippen molar-refractivity contribution in [2.45, 2.75) is 13.8 Å². The first-order valence-corrected chi connectivity index (χ1v) is 8.90. The fourth-order valence-corrected chi connectivity index (χ4v) is 3.55. The smallest absolute Gasteiger partial charge is 0.175 e. The molecule has 6 nitrogen and oxygen atoms in total. The van der Waals surface area contributed by atoms with Crippen LogP contribution in [0.3, 0.4) is 0 Å². The van der Waals surface area contributed by atoms with Crippen molar-refractivity contribution in [2.24, 2.45) is 0 Å². The Labute approximate surface area is 160 Å². The highest BCUT2D eigenvalue weighted by molar-refractivity contribution is 6.30. The van der Waals surface area contributed by atoms with Gasteiger partial charge in [-0.15, -0.1) is 10.2 Å². The van der Waals surface area contributed by atoms with Gasteiger partial charge < -0.3 is 0 Å². The molecule has 0 aliphatic rings. The van der Waals surface area contributed by atoms with Crippen LogP contribution in [0.2, 0.25) is 5.02 Å². The fourth-order valence-electron chi connectivity index (χ4n) is 3.36. The minimum atomic E-state index is 0.654. The van der Waals surface area contributed by atoms with E-state index in [1.54, 1.807) is 12.5 Å². The van der Waals surface area contributed by atoms with E-state index in [1.165, 1.54) is 5.56 Å². The Morgan fingerprint density at radius 3 is 2.67 bits per heavy atom. The number of fused-ring (bicyclic) bond motifs is 3. The zero-order valence-electron chi connectivity index (χ0n) is 14.8. The van der Waals surface area contributed by atoms with E-state index in [2.05, 4.69) is 52.3 Å². The number of rotatable bonds is 2. The molecular formula is C20H15ClN6. The van der Waals surface area contributed by atoms with Gasteiger partial charge in [-0.1, -0.05) is 41.4 Å². The van der Waals surface area contributed by atoms with Crippen LogP contribution in [0.5, 0.6) is 0 Å². The summed E-state index contributed by atoms with van der Waals surface area (Å²) in [4.78, 5) is 4.64. The molecule has 0 saturated carbocycles. The summed E-state index contributed by atoms with van der Waals surface area (Å²) in [6, 6.07) is 13.8. The molecule has 0 bridgehead atoms. The number of aromatic nitrogens is 6. The van der Waals surface area contributed by atoms with Crippen LogP contribution in [0, 0.1) is 13.8 Å². The molecule has 0 unspecified atom stereocenters. The molecule has 0 radical (unpaired) electrons. The molecule has 0 N–H and O–H groups in total. The number of aryl methyl sites for hydroxylation is 2. The van der Waals surface area contributed by atoms with Crippen LogP contribution < -0.4 is 0 Å². The number of hydrogen-bond donors (Lipinski definition) is 0. The maximum atomic E-state index is 6.12. The maximum Gasteiger partial charge on any atom is 0.175 e. The Kier molecular flexibility index (Phi) is 3.48. The lowest BCUT2D eigenvalue weighted by molar-refractivity contribution is 0.885. The molecule has 0 saturated heterocycles. The van der Waals surface area contributed by atoms with E-state index in [1.807, 2.05) is 33.3 Å². The summed E-state index contributed by atoms with van der Waals surface area (Å²) in [5.74, 6) is 0.696. The number of halogens is 1. The van der Waals surface area contributed by atoms with E-state index in [0.29, 0.717) is 16.5 Å². The second-order valence-electron chi connectivity index (χ2n) is 6.56. The van der Waals surface area contributed by atoms with Crippen molar-refractivity contribution >= 4 is 28.3 Å². The number of benzene rings is 2. The molecule has 0 spiro atoms. The van der Waals surface area contributed by atoms with Crippen molar-refractivity contribution in [3.63, 3.8) is 0 Å². The monoisotopic (exact) mass is 374 g/mol. The van der Waals surface area contributed by atoms with Gasteiger partial charge in [0, 0.05) is 10.6 Å². The van der Waals surface area contributed by atoms with Gasteiger partial charge in [-0.25, -0.2) is 9.67 Å². The van der Waals surface area contributed by atoms with E-state index in [4.69, 9.17) is 11.6 Å². The summed E-state index contributed by atoms with van der Waals surface area (Å²) < 4.78 is 3.71. The van der Waals surface area contributed by atoms with Crippen LogP contribution >= 0.6 is 11.6 Å². The normalized spacial score (nSPS) is 11.5. The first kappa shape index (κ1) is 16.0. The third-order valence-electron chi connectivity index (χ3n) is 4.64. The van der Waals surface area contributed by atoms with Crippen LogP contribution in [0.1, 0.15) is 11.1 Å². The predicted octanol–water partition coefficient (Wildman–Crippen LogP) is 4.40. The number of hydrogen-bond acceptors (Lipinski definition) is 4. The highest BCUT2D eigenvalue weighted by atomic mass is 35.5. The Bertz CT molecular complexity index is 1320. The molecular weight excluding hydrogens is 360 g/mol. The lowest BCUT2D eigenvalue weighted by Gasteiger charge is -2.08. The molecule has 0 fully saturated rings. The van der Waals surface area contributed by atoms with E-state index >= 15 is 0 Å². The summed E-state index contributed by atoms with van der Waals surface area (Å²) in [6.45, 7) is 4.15. The second kappa shape index (κ2) is 5.89. The molecule has 2 aromatic carbocycles. The largest absolute Gasteiger partial charge is 0.265 e. The highest BCUT2D eigenvalue weighted by Gasteiger charge is 2.16. The fraction of sp³-hybridized carbons (Fsp3) is 0.100. The van der Waals surface area contributed by atoms with Crippen molar-refractivity contribution in [3.8, 4) is 17.1 Å². The lowest BCUT2D eigenvalue weighted by Crippen LogP contribution is -2.01. The summed E-state index contributed by atoms with van der Waals surface area (Å²) in [6.07, 6.45) is 3.52. The minimum Gasteiger partial charge on any atom is -0.265 e. The average Bonchev–Trinajstić information content (AvgIpc) is 3.25. The van der Waals surface area contributed by atoms with Gasteiger partial charge in [-0.2, -0.15) is 5.10 Å². The first-order valence-electron chi connectivity index (χ1n) is 8.53. The average molecular weight is 375 g/mol. The molecule has 0 aliphatic heterocycles. The van der Waals surface area contributed by atoms with E-state index in [0.717, 1.165) is 27.8 Å². The maximum absolute atomic E-state index is 6.12. The van der Waals surface area contributed by atoms with Crippen LogP contribution in [-0.4, -0.2) is 29.4 Å². The molecule has 0 aliphatic carbocycles. The second-order valence-corrected chi connectivity index (χ2v) is 6.99. The first-order chi connectivity index (χ1) is 13.1. The van der Waals surface area contributed by atoms with Crippen molar-refractivity contribution in [1.29, 1.82) is 0 Å². The zero-order valence-corrected chi connectivity index (χ0v) is 15.5. The standard InChI is InChI=1S/C20H15ClN6/c1-12-6-7-17(13(2)8-12)27-19-16(10-23-27)20-25-24-18(26(20)11-22-19)14-4-3-5-15(21)9-14/h3-11H,1-2H3. The summed E-state index contributed by atoms with van der Waals surface area (Å²) in [5.41, 5.74) is 5.71. The Hall–Kier alpha value is -3.25. The van der Waals surface area contributed by atoms with Gasteiger partial charge in [0.15, 0.2) is 17.1 Å². The molecule has 5 aromatic rings. The van der Waals surface area contributed by atoms with Gasteiger partial charge in [0.25, 0.3) is 0 Å². The van der Waals surface area contributed by atoms with Crippen LogP contribution in [0.25, 0.3) is 33.8 Å². The third-order valence-corrected chi connectivity index (χ3v) is 4.87. The molecule has 5 rings (SSSR count).